The maximum atomic E-state index is 13.5. The number of allylic oxidation sites excluding steroid dienone is 1. The maximum absolute atomic E-state index is 13.5. The Bertz CT molecular complexity index is 2090. The summed E-state index contributed by atoms with van der Waals surface area (Å²) in [6.07, 6.45) is 5.47. The lowest BCUT2D eigenvalue weighted by atomic mass is 9.96. The highest BCUT2D eigenvalue weighted by Crippen LogP contribution is 2.38. The first-order valence-corrected chi connectivity index (χ1v) is 19.3. The van der Waals surface area contributed by atoms with Crippen molar-refractivity contribution in [2.24, 2.45) is 17.8 Å². The van der Waals surface area contributed by atoms with Crippen LogP contribution in [-0.2, 0) is 14.3 Å². The quantitative estimate of drug-likeness (QED) is 0.118. The number of aromatic amines is 2. The lowest BCUT2D eigenvalue weighted by Crippen LogP contribution is -2.51. The molecule has 2 saturated heterocycles. The third-order valence-corrected chi connectivity index (χ3v) is 11.0. The predicted octanol–water partition coefficient (Wildman–Crippen LogP) is 7.81. The highest BCUT2D eigenvalue weighted by atomic mass is 16.5. The van der Waals surface area contributed by atoms with Gasteiger partial charge in [0.05, 0.1) is 43.0 Å². The number of H-pyrrole nitrogens is 2. The van der Waals surface area contributed by atoms with Crippen LogP contribution < -0.4 is 5.32 Å². The number of methoxy groups -OCH3 is 1. The molecule has 4 atom stereocenters. The SMILES string of the molecule is COC(=O)N[C@H](C(=O)N1CCC[C@H]1c1ncc(-c2ccc(C#Cc3ccc(-c4cnc([C@@H]5CC(=C(C)C)CN5C(=O)[C@@H](C)C(C)C)[nH]4)cc3)cc2)[nH]1)C(C)C. The van der Waals surface area contributed by atoms with Crippen molar-refractivity contribution >= 4 is 17.9 Å². The van der Waals surface area contributed by atoms with Gasteiger partial charge in [-0.25, -0.2) is 14.8 Å². The lowest BCUT2D eigenvalue weighted by Gasteiger charge is -2.30. The van der Waals surface area contributed by atoms with Gasteiger partial charge in [-0.15, -0.1) is 0 Å². The standard InChI is InChI=1S/C44H53N7O4/c1-26(2)29(7)42(52)51-25-34(27(3)4)22-38(51)41-46-24-36(48-41)33-19-15-31(16-20-33)12-11-30-13-17-32(18-14-30)35-23-45-40(47-35)37-10-9-21-50(37)43(53)39(28(5)6)49-44(54)55-8/h13-20,23-24,26,28-29,37-39H,9-10,21-22,25H2,1-8H3,(H,45,47)(H,46,48)(H,49,54)/t29-,37-,38-,39-/m0/s1. The van der Waals surface area contributed by atoms with E-state index in [1.165, 1.54) is 18.3 Å². The molecule has 3 amide bonds. The van der Waals surface area contributed by atoms with E-state index in [1.807, 2.05) is 85.3 Å². The second-order valence-electron chi connectivity index (χ2n) is 15.6. The number of likely N-dealkylation sites (tertiary alicyclic amines) is 2. The van der Waals surface area contributed by atoms with Crippen LogP contribution in [0.4, 0.5) is 4.79 Å². The summed E-state index contributed by atoms with van der Waals surface area (Å²) < 4.78 is 4.75. The molecule has 6 rings (SSSR count). The molecule has 2 aliphatic rings. The summed E-state index contributed by atoms with van der Waals surface area (Å²) in [4.78, 5) is 59.0. The Morgan fingerprint density at radius 3 is 1.82 bits per heavy atom. The van der Waals surface area contributed by atoms with Crippen LogP contribution in [0.5, 0.6) is 0 Å². The number of nitrogens with one attached hydrogen (secondary N) is 3. The van der Waals surface area contributed by atoms with Gasteiger partial charge in [-0.2, -0.15) is 0 Å². The van der Waals surface area contributed by atoms with Gasteiger partial charge >= 0.3 is 6.09 Å². The van der Waals surface area contributed by atoms with E-state index in [0.29, 0.717) is 13.1 Å². The zero-order chi connectivity index (χ0) is 39.4. The fourth-order valence-electron chi connectivity index (χ4n) is 7.22. The number of hydrogen-bond acceptors (Lipinski definition) is 6. The number of aromatic nitrogens is 4. The van der Waals surface area contributed by atoms with Crippen LogP contribution in [0.3, 0.4) is 0 Å². The molecule has 0 bridgehead atoms. The molecular formula is C44H53N7O4. The molecular weight excluding hydrogens is 691 g/mol. The smallest absolute Gasteiger partial charge is 0.407 e. The van der Waals surface area contributed by atoms with E-state index >= 15 is 0 Å². The molecule has 2 aromatic heterocycles. The Morgan fingerprint density at radius 1 is 0.782 bits per heavy atom. The molecule has 0 saturated carbocycles. The highest BCUT2D eigenvalue weighted by Gasteiger charge is 2.39. The minimum absolute atomic E-state index is 0.0545. The van der Waals surface area contributed by atoms with Crippen molar-refractivity contribution < 1.29 is 19.1 Å². The van der Waals surface area contributed by atoms with Crippen molar-refractivity contribution in [3.63, 3.8) is 0 Å². The molecule has 0 spiro atoms. The Morgan fingerprint density at radius 2 is 1.33 bits per heavy atom. The van der Waals surface area contributed by atoms with Gasteiger partial charge in [0.2, 0.25) is 11.8 Å². The molecule has 4 aromatic rings. The van der Waals surface area contributed by atoms with Crippen LogP contribution in [0.25, 0.3) is 22.5 Å². The number of carbonyl (C=O) groups excluding carboxylic acids is 3. The van der Waals surface area contributed by atoms with Gasteiger partial charge in [-0.05, 0) is 85.9 Å². The first-order chi connectivity index (χ1) is 26.3. The number of benzene rings is 2. The molecule has 11 heteroatoms. The number of hydrogen-bond donors (Lipinski definition) is 3. The van der Waals surface area contributed by atoms with Gasteiger partial charge in [0.25, 0.3) is 0 Å². The van der Waals surface area contributed by atoms with Crippen molar-refractivity contribution in [1.29, 1.82) is 0 Å². The van der Waals surface area contributed by atoms with E-state index in [1.54, 1.807) is 6.20 Å². The van der Waals surface area contributed by atoms with Crippen molar-refractivity contribution in [2.45, 2.75) is 85.9 Å². The topological polar surface area (TPSA) is 136 Å². The highest BCUT2D eigenvalue weighted by molar-refractivity contribution is 5.86. The second kappa shape index (κ2) is 16.8. The van der Waals surface area contributed by atoms with Gasteiger partial charge in [-0.3, -0.25) is 9.59 Å². The van der Waals surface area contributed by atoms with Gasteiger partial charge in [0.15, 0.2) is 0 Å². The first-order valence-electron chi connectivity index (χ1n) is 19.3. The number of amides is 3. The van der Waals surface area contributed by atoms with Gasteiger partial charge in [0, 0.05) is 30.1 Å². The molecule has 55 heavy (non-hydrogen) atoms. The fourth-order valence-corrected chi connectivity index (χ4v) is 7.22. The summed E-state index contributed by atoms with van der Waals surface area (Å²) >= 11 is 0. The summed E-state index contributed by atoms with van der Waals surface area (Å²) in [5, 5.41) is 2.69. The van der Waals surface area contributed by atoms with Crippen molar-refractivity contribution in [2.75, 3.05) is 20.2 Å². The number of rotatable bonds is 9. The van der Waals surface area contributed by atoms with Crippen LogP contribution >= 0.6 is 0 Å². The maximum Gasteiger partial charge on any atom is 0.407 e. The van der Waals surface area contributed by atoms with E-state index in [9.17, 15) is 14.4 Å². The molecule has 4 heterocycles. The average molecular weight is 744 g/mol. The Labute approximate surface area is 324 Å². The molecule has 0 aliphatic carbocycles. The molecule has 2 aliphatic heterocycles. The number of alkyl carbamates (subject to hydrolysis) is 1. The van der Waals surface area contributed by atoms with Crippen LogP contribution in [0.1, 0.15) is 103 Å². The first kappa shape index (κ1) is 39.1. The number of carbonyl (C=O) groups is 3. The Hall–Kier alpha value is -5.63. The summed E-state index contributed by atoms with van der Waals surface area (Å²) in [7, 11) is 1.29. The zero-order valence-corrected chi connectivity index (χ0v) is 33.2. The third kappa shape index (κ3) is 8.69. The minimum atomic E-state index is -0.680. The number of ether oxygens (including phenoxy) is 1. The normalized spacial score (nSPS) is 18.0. The molecule has 0 unspecified atom stereocenters. The van der Waals surface area contributed by atoms with Crippen molar-refractivity contribution in [3.8, 4) is 34.4 Å². The second-order valence-corrected chi connectivity index (χ2v) is 15.6. The molecule has 288 valence electrons. The summed E-state index contributed by atoms with van der Waals surface area (Å²) in [5.41, 5.74) is 8.07. The zero-order valence-electron chi connectivity index (χ0n) is 33.2. The minimum Gasteiger partial charge on any atom is -0.453 e. The fraction of sp³-hybridized carbons (Fsp3) is 0.432. The molecule has 2 fully saturated rings. The van der Waals surface area contributed by atoms with Crippen LogP contribution in [-0.4, -0.2) is 73.9 Å². The van der Waals surface area contributed by atoms with Crippen molar-refractivity contribution in [3.05, 3.63) is 94.8 Å². The third-order valence-electron chi connectivity index (χ3n) is 11.0. The average Bonchev–Trinajstić information content (AvgIpc) is 4.01. The molecule has 0 radical (unpaired) electrons. The summed E-state index contributed by atoms with van der Waals surface area (Å²) in [6.45, 7) is 15.5. The van der Waals surface area contributed by atoms with Crippen LogP contribution in [0.15, 0.2) is 72.1 Å². The van der Waals surface area contributed by atoms with Gasteiger partial charge in [-0.1, -0.05) is 76.3 Å². The lowest BCUT2D eigenvalue weighted by molar-refractivity contribution is -0.137. The van der Waals surface area contributed by atoms with E-state index in [2.05, 4.69) is 59.8 Å². The summed E-state index contributed by atoms with van der Waals surface area (Å²) in [6, 6.07) is 15.1. The van der Waals surface area contributed by atoms with E-state index < -0.39 is 12.1 Å². The van der Waals surface area contributed by atoms with Crippen LogP contribution in [0.2, 0.25) is 0 Å². The number of nitrogens with zero attached hydrogens (tertiary/aromatic N) is 4. The monoisotopic (exact) mass is 743 g/mol. The largest absolute Gasteiger partial charge is 0.453 e. The molecule has 11 nitrogen and oxygen atoms in total. The number of imidazole rings is 2. The predicted molar refractivity (Wildman–Crippen MR) is 213 cm³/mol. The van der Waals surface area contributed by atoms with Crippen molar-refractivity contribution in [1.82, 2.24) is 35.1 Å². The van der Waals surface area contributed by atoms with Crippen LogP contribution in [0, 0.1) is 29.6 Å². The van der Waals surface area contributed by atoms with Gasteiger partial charge in [0.1, 0.15) is 17.7 Å². The molecule has 2 aromatic carbocycles. The van der Waals surface area contributed by atoms with E-state index in [0.717, 1.165) is 64.6 Å². The summed E-state index contributed by atoms with van der Waals surface area (Å²) in [5.74, 6) is 8.25. The molecule has 3 N–H and O–H groups in total. The Kier molecular flexibility index (Phi) is 11.9. The van der Waals surface area contributed by atoms with Gasteiger partial charge < -0.3 is 29.8 Å². The van der Waals surface area contributed by atoms with E-state index in [4.69, 9.17) is 9.72 Å². The Balaban J connectivity index is 1.10. The van der Waals surface area contributed by atoms with E-state index in [-0.39, 0.29) is 41.7 Å².